The van der Waals surface area contributed by atoms with E-state index in [9.17, 15) is 9.18 Å². The highest BCUT2D eigenvalue weighted by Crippen LogP contribution is 2.16. The summed E-state index contributed by atoms with van der Waals surface area (Å²) in [4.78, 5) is 19.9. The van der Waals surface area contributed by atoms with Crippen LogP contribution >= 0.6 is 0 Å². The van der Waals surface area contributed by atoms with Crippen molar-refractivity contribution in [3.05, 3.63) is 48.2 Å². The molecule has 0 spiro atoms. The number of nitrogens with one attached hydrogen (secondary N) is 2. The summed E-state index contributed by atoms with van der Waals surface area (Å²) in [5.74, 6) is -0.504. The zero-order chi connectivity index (χ0) is 14.4. The van der Waals surface area contributed by atoms with E-state index < -0.39 is 11.7 Å². The maximum absolute atomic E-state index is 13.5. The molecule has 2 heterocycles. The number of rotatable bonds is 5. The van der Waals surface area contributed by atoms with E-state index in [1.807, 2.05) is 6.92 Å². The van der Waals surface area contributed by atoms with Crippen molar-refractivity contribution >= 4 is 17.4 Å². The standard InChI is InChI=1S/C14H15FN4O/c1-2-6-17-13-10(4-3-7-18-13)14(20)19-12-5-8-16-9-11(12)15/h3-5,7-9H,2,6H2,1H3,(H,17,18)(H,16,19,20). The average molecular weight is 274 g/mol. The molecule has 1 amide bonds. The molecule has 0 fully saturated rings. The van der Waals surface area contributed by atoms with Crippen molar-refractivity contribution < 1.29 is 9.18 Å². The quantitative estimate of drug-likeness (QED) is 0.879. The van der Waals surface area contributed by atoms with Gasteiger partial charge in [0, 0.05) is 18.9 Å². The molecule has 2 N–H and O–H groups in total. The van der Waals surface area contributed by atoms with Crippen LogP contribution in [0.2, 0.25) is 0 Å². The Morgan fingerprint density at radius 3 is 2.95 bits per heavy atom. The molecule has 0 aromatic carbocycles. The molecule has 104 valence electrons. The molecule has 2 aromatic rings. The number of anilines is 2. The minimum Gasteiger partial charge on any atom is -0.369 e. The molecule has 2 rings (SSSR count). The van der Waals surface area contributed by atoms with Crippen LogP contribution in [0.15, 0.2) is 36.8 Å². The van der Waals surface area contributed by atoms with E-state index in [2.05, 4.69) is 20.6 Å². The molecule has 0 aliphatic carbocycles. The van der Waals surface area contributed by atoms with Gasteiger partial charge in [-0.3, -0.25) is 9.78 Å². The van der Waals surface area contributed by atoms with Crippen LogP contribution in [0.1, 0.15) is 23.7 Å². The number of pyridine rings is 2. The van der Waals surface area contributed by atoms with Gasteiger partial charge in [-0.2, -0.15) is 0 Å². The van der Waals surface area contributed by atoms with Crippen molar-refractivity contribution in [2.45, 2.75) is 13.3 Å². The Balaban J connectivity index is 2.19. The molecule has 0 bridgehead atoms. The van der Waals surface area contributed by atoms with E-state index >= 15 is 0 Å². The van der Waals surface area contributed by atoms with Gasteiger partial charge < -0.3 is 10.6 Å². The van der Waals surface area contributed by atoms with Crippen LogP contribution < -0.4 is 10.6 Å². The van der Waals surface area contributed by atoms with Gasteiger partial charge in [0.05, 0.1) is 17.4 Å². The maximum atomic E-state index is 13.5. The third-order valence-electron chi connectivity index (χ3n) is 2.62. The third kappa shape index (κ3) is 3.28. The first-order chi connectivity index (χ1) is 9.72. The summed E-state index contributed by atoms with van der Waals surface area (Å²) >= 11 is 0. The molecule has 0 atom stereocenters. The lowest BCUT2D eigenvalue weighted by Crippen LogP contribution is -2.16. The van der Waals surface area contributed by atoms with E-state index in [1.165, 1.54) is 12.3 Å². The van der Waals surface area contributed by atoms with E-state index in [1.54, 1.807) is 18.3 Å². The molecule has 6 heteroatoms. The fourth-order valence-electron chi connectivity index (χ4n) is 1.64. The minimum absolute atomic E-state index is 0.0929. The van der Waals surface area contributed by atoms with Crippen LogP contribution in [0.3, 0.4) is 0 Å². The molecule has 20 heavy (non-hydrogen) atoms. The summed E-state index contributed by atoms with van der Waals surface area (Å²) in [5.41, 5.74) is 0.465. The van der Waals surface area contributed by atoms with Crippen LogP contribution in [-0.4, -0.2) is 22.4 Å². The van der Waals surface area contributed by atoms with Crippen molar-refractivity contribution in [3.63, 3.8) is 0 Å². The minimum atomic E-state index is -0.576. The largest absolute Gasteiger partial charge is 0.369 e. The summed E-state index contributed by atoms with van der Waals surface area (Å²) in [5, 5.41) is 5.58. The summed E-state index contributed by atoms with van der Waals surface area (Å²) in [6.07, 6.45) is 4.98. The Hall–Kier alpha value is -2.50. The Labute approximate surface area is 116 Å². The van der Waals surface area contributed by atoms with Crippen molar-refractivity contribution in [2.75, 3.05) is 17.2 Å². The first-order valence-electron chi connectivity index (χ1n) is 6.32. The Kier molecular flexibility index (Phi) is 4.60. The van der Waals surface area contributed by atoms with Gasteiger partial charge in [-0.05, 0) is 24.6 Å². The fraction of sp³-hybridized carbons (Fsp3) is 0.214. The number of carbonyl (C=O) groups excluding carboxylic acids is 1. The smallest absolute Gasteiger partial charge is 0.259 e. The summed E-state index contributed by atoms with van der Waals surface area (Å²) < 4.78 is 13.5. The topological polar surface area (TPSA) is 66.9 Å². The predicted molar refractivity (Wildman–Crippen MR) is 75.2 cm³/mol. The lowest BCUT2D eigenvalue weighted by Gasteiger charge is -2.10. The maximum Gasteiger partial charge on any atom is 0.259 e. The zero-order valence-electron chi connectivity index (χ0n) is 11.1. The number of hydrogen-bond donors (Lipinski definition) is 2. The second-order valence-electron chi connectivity index (χ2n) is 4.14. The molecule has 2 aromatic heterocycles. The Bertz CT molecular complexity index is 603. The first kappa shape index (κ1) is 13.9. The lowest BCUT2D eigenvalue weighted by atomic mass is 10.2. The SMILES string of the molecule is CCCNc1ncccc1C(=O)Nc1ccncc1F. The second kappa shape index (κ2) is 6.60. The number of halogens is 1. The fourth-order valence-corrected chi connectivity index (χ4v) is 1.64. The van der Waals surface area contributed by atoms with Crippen LogP contribution in [0, 0.1) is 5.82 Å². The molecule has 0 unspecified atom stereocenters. The van der Waals surface area contributed by atoms with Gasteiger partial charge in [-0.25, -0.2) is 9.37 Å². The van der Waals surface area contributed by atoms with E-state index in [4.69, 9.17) is 0 Å². The number of hydrogen-bond acceptors (Lipinski definition) is 4. The monoisotopic (exact) mass is 274 g/mol. The highest BCUT2D eigenvalue weighted by atomic mass is 19.1. The Morgan fingerprint density at radius 2 is 2.20 bits per heavy atom. The van der Waals surface area contributed by atoms with Crippen molar-refractivity contribution in [3.8, 4) is 0 Å². The summed E-state index contributed by atoms with van der Waals surface area (Å²) in [6.45, 7) is 2.73. The van der Waals surface area contributed by atoms with Crippen molar-refractivity contribution in [2.24, 2.45) is 0 Å². The highest BCUT2D eigenvalue weighted by Gasteiger charge is 2.13. The lowest BCUT2D eigenvalue weighted by molar-refractivity contribution is 0.102. The molecule has 0 aliphatic heterocycles. The molecule has 0 aliphatic rings. The second-order valence-corrected chi connectivity index (χ2v) is 4.14. The van der Waals surface area contributed by atoms with Crippen LogP contribution in [-0.2, 0) is 0 Å². The highest BCUT2D eigenvalue weighted by molar-refractivity contribution is 6.07. The van der Waals surface area contributed by atoms with Gasteiger partial charge in [-0.1, -0.05) is 6.92 Å². The average Bonchev–Trinajstić information content (AvgIpc) is 2.47. The first-order valence-corrected chi connectivity index (χ1v) is 6.32. The van der Waals surface area contributed by atoms with Gasteiger partial charge in [-0.15, -0.1) is 0 Å². The van der Waals surface area contributed by atoms with Gasteiger partial charge in [0.2, 0.25) is 0 Å². The molecular weight excluding hydrogens is 259 g/mol. The predicted octanol–water partition coefficient (Wildman–Crippen LogP) is 2.69. The molecular formula is C14H15FN4O. The Morgan fingerprint density at radius 1 is 1.35 bits per heavy atom. The van der Waals surface area contributed by atoms with E-state index in [0.29, 0.717) is 17.9 Å². The van der Waals surface area contributed by atoms with Crippen molar-refractivity contribution in [1.29, 1.82) is 0 Å². The van der Waals surface area contributed by atoms with Gasteiger partial charge in [0.1, 0.15) is 5.82 Å². The normalized spacial score (nSPS) is 10.1. The summed E-state index contributed by atoms with van der Waals surface area (Å²) in [7, 11) is 0. The number of aromatic nitrogens is 2. The van der Waals surface area contributed by atoms with Gasteiger partial charge >= 0.3 is 0 Å². The number of amides is 1. The molecule has 0 radical (unpaired) electrons. The number of nitrogens with zero attached hydrogens (tertiary/aromatic N) is 2. The third-order valence-corrected chi connectivity index (χ3v) is 2.62. The molecule has 0 saturated carbocycles. The van der Waals surface area contributed by atoms with Crippen LogP contribution in [0.25, 0.3) is 0 Å². The van der Waals surface area contributed by atoms with E-state index in [0.717, 1.165) is 12.6 Å². The molecule has 0 saturated heterocycles. The number of carbonyl (C=O) groups is 1. The van der Waals surface area contributed by atoms with Gasteiger partial charge in [0.25, 0.3) is 5.91 Å². The van der Waals surface area contributed by atoms with E-state index in [-0.39, 0.29) is 5.69 Å². The van der Waals surface area contributed by atoms with Crippen LogP contribution in [0.4, 0.5) is 15.9 Å². The van der Waals surface area contributed by atoms with Crippen molar-refractivity contribution in [1.82, 2.24) is 9.97 Å². The molecule has 5 nitrogen and oxygen atoms in total. The zero-order valence-corrected chi connectivity index (χ0v) is 11.1. The van der Waals surface area contributed by atoms with Gasteiger partial charge in [0.15, 0.2) is 5.82 Å². The summed E-state index contributed by atoms with van der Waals surface area (Å²) in [6, 6.07) is 4.71. The van der Waals surface area contributed by atoms with Crippen LogP contribution in [0.5, 0.6) is 0 Å².